The highest BCUT2D eigenvalue weighted by Gasteiger charge is 2.24. The number of carbonyl (C=O) groups excluding carboxylic acids is 1. The molecule has 2 unspecified atom stereocenters. The Morgan fingerprint density at radius 1 is 1.42 bits per heavy atom. The van der Waals surface area contributed by atoms with Gasteiger partial charge in [0.1, 0.15) is 5.75 Å². The molecule has 0 aromatic heterocycles. The molecule has 1 aromatic carbocycles. The first-order chi connectivity index (χ1) is 9.22. The molecule has 0 spiro atoms. The molecule has 1 saturated heterocycles. The van der Waals surface area contributed by atoms with Crippen LogP contribution in [0.2, 0.25) is 0 Å². The van der Waals surface area contributed by atoms with Crippen LogP contribution in [0, 0.1) is 5.92 Å². The van der Waals surface area contributed by atoms with E-state index in [4.69, 9.17) is 4.74 Å². The maximum atomic E-state index is 11.6. The molecule has 4 heteroatoms. The van der Waals surface area contributed by atoms with Crippen LogP contribution in [0.1, 0.15) is 25.3 Å². The van der Waals surface area contributed by atoms with Crippen molar-refractivity contribution >= 4 is 11.6 Å². The summed E-state index contributed by atoms with van der Waals surface area (Å²) in [6.07, 6.45) is 3.20. The fraction of sp³-hybridized carbons (Fsp3) is 0.533. The van der Waals surface area contributed by atoms with Gasteiger partial charge in [-0.25, -0.2) is 0 Å². The summed E-state index contributed by atoms with van der Waals surface area (Å²) in [4.78, 5) is 11.6. The molecular formula is C15H20N2O2. The molecule has 2 aliphatic rings. The predicted molar refractivity (Wildman–Crippen MR) is 74.5 cm³/mol. The highest BCUT2D eigenvalue weighted by atomic mass is 16.5. The van der Waals surface area contributed by atoms with Crippen molar-refractivity contribution in [1.29, 1.82) is 0 Å². The van der Waals surface area contributed by atoms with Gasteiger partial charge < -0.3 is 15.4 Å². The Hall–Kier alpha value is -1.55. The average molecular weight is 260 g/mol. The lowest BCUT2D eigenvalue weighted by Crippen LogP contribution is -2.34. The molecule has 4 nitrogen and oxygen atoms in total. The molecule has 0 bridgehead atoms. The second kappa shape index (κ2) is 5.21. The summed E-state index contributed by atoms with van der Waals surface area (Å²) >= 11 is 0. The van der Waals surface area contributed by atoms with Gasteiger partial charge >= 0.3 is 0 Å². The molecule has 2 N–H and O–H groups in total. The van der Waals surface area contributed by atoms with E-state index in [0.717, 1.165) is 30.9 Å². The molecule has 2 heterocycles. The SMILES string of the molecule is CC1Oc2ccc(CC3CCCNC3)cc2NC1=O. The third kappa shape index (κ3) is 2.73. The zero-order chi connectivity index (χ0) is 13.2. The summed E-state index contributed by atoms with van der Waals surface area (Å²) in [6, 6.07) is 6.13. The molecule has 0 saturated carbocycles. The van der Waals surface area contributed by atoms with Crippen LogP contribution < -0.4 is 15.4 Å². The Balaban J connectivity index is 1.74. The zero-order valence-electron chi connectivity index (χ0n) is 11.2. The van der Waals surface area contributed by atoms with Gasteiger partial charge in [0.15, 0.2) is 6.10 Å². The minimum Gasteiger partial charge on any atom is -0.479 e. The first-order valence-electron chi connectivity index (χ1n) is 7.03. The Kier molecular flexibility index (Phi) is 3.42. The maximum Gasteiger partial charge on any atom is 0.265 e. The van der Waals surface area contributed by atoms with Crippen LogP contribution in [0.15, 0.2) is 18.2 Å². The van der Waals surface area contributed by atoms with Crippen LogP contribution >= 0.6 is 0 Å². The lowest BCUT2D eigenvalue weighted by Gasteiger charge is -2.25. The summed E-state index contributed by atoms with van der Waals surface area (Å²) in [5.41, 5.74) is 2.08. The minimum atomic E-state index is -0.402. The highest BCUT2D eigenvalue weighted by Crippen LogP contribution is 2.31. The summed E-state index contributed by atoms with van der Waals surface area (Å²) in [5.74, 6) is 1.41. The molecule has 102 valence electrons. The molecule has 0 aliphatic carbocycles. The van der Waals surface area contributed by atoms with E-state index in [1.165, 1.54) is 18.4 Å². The van der Waals surface area contributed by atoms with Gasteiger partial charge in [0.2, 0.25) is 0 Å². The van der Waals surface area contributed by atoms with Crippen LogP contribution in [0.5, 0.6) is 5.75 Å². The van der Waals surface area contributed by atoms with Crippen molar-refractivity contribution in [3.63, 3.8) is 0 Å². The Labute approximate surface area is 113 Å². The number of nitrogens with one attached hydrogen (secondary N) is 2. The molecule has 1 fully saturated rings. The van der Waals surface area contributed by atoms with Crippen molar-refractivity contribution in [2.24, 2.45) is 5.92 Å². The average Bonchev–Trinajstić information content (AvgIpc) is 2.42. The van der Waals surface area contributed by atoms with Crippen molar-refractivity contribution in [2.75, 3.05) is 18.4 Å². The molecule has 3 rings (SSSR count). The summed E-state index contributed by atoms with van der Waals surface area (Å²) in [5, 5.41) is 6.34. The van der Waals surface area contributed by atoms with Gasteiger partial charge in [-0.2, -0.15) is 0 Å². The number of anilines is 1. The van der Waals surface area contributed by atoms with Crippen molar-refractivity contribution in [2.45, 2.75) is 32.3 Å². The summed E-state index contributed by atoms with van der Waals surface area (Å²) < 4.78 is 5.56. The number of hydrogen-bond acceptors (Lipinski definition) is 3. The van der Waals surface area contributed by atoms with Gasteiger partial charge in [-0.05, 0) is 62.9 Å². The van der Waals surface area contributed by atoms with Crippen LogP contribution in [0.4, 0.5) is 5.69 Å². The van der Waals surface area contributed by atoms with E-state index in [1.54, 1.807) is 6.92 Å². The van der Waals surface area contributed by atoms with Crippen LogP contribution in [0.3, 0.4) is 0 Å². The number of fused-ring (bicyclic) bond motifs is 1. The fourth-order valence-electron chi connectivity index (χ4n) is 2.81. The van der Waals surface area contributed by atoms with Crippen molar-refractivity contribution < 1.29 is 9.53 Å². The van der Waals surface area contributed by atoms with Crippen LogP contribution in [-0.2, 0) is 11.2 Å². The molecular weight excluding hydrogens is 240 g/mol. The second-order valence-corrected chi connectivity index (χ2v) is 5.50. The van der Waals surface area contributed by atoms with Crippen LogP contribution in [0.25, 0.3) is 0 Å². The largest absolute Gasteiger partial charge is 0.479 e. The predicted octanol–water partition coefficient (Wildman–Crippen LogP) is 1.95. The van der Waals surface area contributed by atoms with Crippen molar-refractivity contribution in [1.82, 2.24) is 5.32 Å². The Bertz CT molecular complexity index is 481. The van der Waals surface area contributed by atoms with Crippen LogP contribution in [-0.4, -0.2) is 25.1 Å². The Morgan fingerprint density at radius 2 is 2.32 bits per heavy atom. The van der Waals surface area contributed by atoms with Gasteiger partial charge in [0, 0.05) is 0 Å². The van der Waals surface area contributed by atoms with E-state index in [-0.39, 0.29) is 5.91 Å². The third-order valence-electron chi connectivity index (χ3n) is 3.90. The molecule has 2 aliphatic heterocycles. The number of benzene rings is 1. The lowest BCUT2D eigenvalue weighted by molar-refractivity contribution is -0.122. The quantitative estimate of drug-likeness (QED) is 0.854. The number of hydrogen-bond donors (Lipinski definition) is 2. The van der Waals surface area contributed by atoms with E-state index in [1.807, 2.05) is 12.1 Å². The van der Waals surface area contributed by atoms with E-state index in [9.17, 15) is 4.79 Å². The topological polar surface area (TPSA) is 50.4 Å². The summed E-state index contributed by atoms with van der Waals surface area (Å²) in [7, 11) is 0. The van der Waals surface area contributed by atoms with E-state index in [0.29, 0.717) is 5.92 Å². The van der Waals surface area contributed by atoms with Crippen molar-refractivity contribution in [3.8, 4) is 5.75 Å². The zero-order valence-corrected chi connectivity index (χ0v) is 11.2. The lowest BCUT2D eigenvalue weighted by atomic mass is 9.92. The van der Waals surface area contributed by atoms with E-state index >= 15 is 0 Å². The molecule has 1 amide bonds. The number of amides is 1. The third-order valence-corrected chi connectivity index (χ3v) is 3.90. The summed E-state index contributed by atoms with van der Waals surface area (Å²) in [6.45, 7) is 4.00. The number of carbonyl (C=O) groups is 1. The number of ether oxygens (including phenoxy) is 1. The van der Waals surface area contributed by atoms with Gasteiger partial charge in [-0.3, -0.25) is 4.79 Å². The molecule has 0 radical (unpaired) electrons. The van der Waals surface area contributed by atoms with Gasteiger partial charge in [0.05, 0.1) is 5.69 Å². The van der Waals surface area contributed by atoms with E-state index in [2.05, 4.69) is 16.7 Å². The molecule has 2 atom stereocenters. The van der Waals surface area contributed by atoms with Gasteiger partial charge in [0.25, 0.3) is 5.91 Å². The normalized spacial score (nSPS) is 26.3. The van der Waals surface area contributed by atoms with E-state index < -0.39 is 6.10 Å². The first-order valence-corrected chi connectivity index (χ1v) is 7.03. The van der Waals surface area contributed by atoms with Crippen molar-refractivity contribution in [3.05, 3.63) is 23.8 Å². The fourth-order valence-corrected chi connectivity index (χ4v) is 2.81. The number of piperidine rings is 1. The van der Waals surface area contributed by atoms with Gasteiger partial charge in [-0.1, -0.05) is 6.07 Å². The second-order valence-electron chi connectivity index (χ2n) is 5.50. The maximum absolute atomic E-state index is 11.6. The standard InChI is InChI=1S/C15H20N2O2/c1-10-15(18)17-13-8-11(4-5-14(13)19-10)7-12-3-2-6-16-9-12/h4-5,8,10,12,16H,2-3,6-7,9H2,1H3,(H,17,18). The molecule has 1 aromatic rings. The van der Waals surface area contributed by atoms with Gasteiger partial charge in [-0.15, -0.1) is 0 Å². The molecule has 19 heavy (non-hydrogen) atoms. The minimum absolute atomic E-state index is 0.0658. The smallest absolute Gasteiger partial charge is 0.265 e. The first kappa shape index (κ1) is 12.5. The highest BCUT2D eigenvalue weighted by molar-refractivity contribution is 5.97. The monoisotopic (exact) mass is 260 g/mol. The Morgan fingerprint density at radius 3 is 3.11 bits per heavy atom. The number of rotatable bonds is 2.